The molecule has 0 amide bonds. The van der Waals surface area contributed by atoms with Crippen molar-refractivity contribution < 1.29 is 14.6 Å². The van der Waals surface area contributed by atoms with E-state index in [1.165, 1.54) is 0 Å². The number of hydrogen-bond acceptors (Lipinski definition) is 3. The fraction of sp³-hybridized carbons (Fsp3) is 0.235. The number of para-hydroxylation sites is 3. The van der Waals surface area contributed by atoms with E-state index in [0.29, 0.717) is 12.2 Å². The summed E-state index contributed by atoms with van der Waals surface area (Å²) in [6.07, 6.45) is 0.519. The maximum Gasteiger partial charge on any atom is 0.326 e. The lowest BCUT2D eigenvalue weighted by atomic mass is 10.1. The maximum absolute atomic E-state index is 11.3. The van der Waals surface area contributed by atoms with E-state index < -0.39 is 12.0 Å². The zero-order chi connectivity index (χ0) is 15.2. The van der Waals surface area contributed by atoms with Gasteiger partial charge in [0.25, 0.3) is 0 Å². The number of ether oxygens (including phenoxy) is 1. The molecule has 0 unspecified atom stereocenters. The molecule has 2 aromatic rings. The van der Waals surface area contributed by atoms with Gasteiger partial charge in [-0.25, -0.2) is 4.79 Å². The summed E-state index contributed by atoms with van der Waals surface area (Å²) in [5, 5.41) is 9.30. The molecular weight excluding hydrogens is 266 g/mol. The van der Waals surface area contributed by atoms with Gasteiger partial charge in [0.1, 0.15) is 11.8 Å². The highest BCUT2D eigenvalue weighted by atomic mass is 16.5. The molecule has 0 aliphatic heterocycles. The molecule has 0 spiro atoms. The van der Waals surface area contributed by atoms with Crippen LogP contribution in [0.15, 0.2) is 54.6 Å². The smallest absolute Gasteiger partial charge is 0.326 e. The van der Waals surface area contributed by atoms with E-state index in [9.17, 15) is 9.90 Å². The average Bonchev–Trinajstić information content (AvgIpc) is 2.49. The Hall–Kier alpha value is -2.49. The van der Waals surface area contributed by atoms with E-state index in [1.807, 2.05) is 61.5 Å². The minimum absolute atomic E-state index is 0.519. The topological polar surface area (TPSA) is 49.8 Å². The van der Waals surface area contributed by atoms with Crippen molar-refractivity contribution in [2.45, 2.75) is 19.4 Å². The average molecular weight is 285 g/mol. The molecule has 2 aromatic carbocycles. The van der Waals surface area contributed by atoms with Crippen molar-refractivity contribution in [3.63, 3.8) is 0 Å². The summed E-state index contributed by atoms with van der Waals surface area (Å²) in [7, 11) is 1.77. The summed E-state index contributed by atoms with van der Waals surface area (Å²) in [5.74, 6) is 0.530. The van der Waals surface area contributed by atoms with Crippen LogP contribution in [-0.4, -0.2) is 24.2 Å². The van der Waals surface area contributed by atoms with Gasteiger partial charge < -0.3 is 14.7 Å². The van der Waals surface area contributed by atoms with Crippen molar-refractivity contribution in [2.24, 2.45) is 0 Å². The fourth-order valence-electron chi connectivity index (χ4n) is 2.23. The zero-order valence-corrected chi connectivity index (χ0v) is 12.2. The first-order valence-electron chi connectivity index (χ1n) is 6.91. The molecule has 0 bridgehead atoms. The molecule has 0 aliphatic rings. The Morgan fingerprint density at radius 3 is 2.38 bits per heavy atom. The SMILES string of the molecule is CC[C@@H](C(=O)O)N(C)c1ccccc1Oc1ccccc1. The fourth-order valence-corrected chi connectivity index (χ4v) is 2.23. The highest BCUT2D eigenvalue weighted by Gasteiger charge is 2.23. The maximum atomic E-state index is 11.3. The first-order chi connectivity index (χ1) is 10.1. The molecule has 0 heterocycles. The van der Waals surface area contributed by atoms with Crippen LogP contribution in [0.2, 0.25) is 0 Å². The number of likely N-dealkylation sites (N-methyl/N-ethyl adjacent to an activating group) is 1. The third kappa shape index (κ3) is 3.54. The summed E-state index contributed by atoms with van der Waals surface area (Å²) in [4.78, 5) is 13.1. The van der Waals surface area contributed by atoms with Crippen molar-refractivity contribution >= 4 is 11.7 Å². The normalized spacial score (nSPS) is 11.7. The van der Waals surface area contributed by atoms with Crippen LogP contribution >= 0.6 is 0 Å². The Labute approximate surface area is 124 Å². The molecule has 0 radical (unpaired) electrons. The minimum atomic E-state index is -0.838. The third-order valence-corrected chi connectivity index (χ3v) is 3.36. The lowest BCUT2D eigenvalue weighted by Crippen LogP contribution is -2.38. The Morgan fingerprint density at radius 2 is 1.76 bits per heavy atom. The van der Waals surface area contributed by atoms with Crippen LogP contribution in [-0.2, 0) is 4.79 Å². The molecule has 4 heteroatoms. The second kappa shape index (κ2) is 6.79. The summed E-state index contributed by atoms with van der Waals surface area (Å²) < 4.78 is 5.87. The van der Waals surface area contributed by atoms with Gasteiger partial charge in [-0.15, -0.1) is 0 Å². The molecule has 0 aliphatic carbocycles. The quantitative estimate of drug-likeness (QED) is 0.877. The molecule has 0 saturated carbocycles. The van der Waals surface area contributed by atoms with E-state index in [4.69, 9.17) is 4.74 Å². The van der Waals surface area contributed by atoms with Crippen molar-refractivity contribution in [1.29, 1.82) is 0 Å². The van der Waals surface area contributed by atoms with Crippen LogP contribution < -0.4 is 9.64 Å². The Morgan fingerprint density at radius 1 is 1.14 bits per heavy atom. The number of aliphatic carboxylic acids is 1. The van der Waals surface area contributed by atoms with E-state index in [1.54, 1.807) is 11.9 Å². The highest BCUT2D eigenvalue weighted by molar-refractivity contribution is 5.79. The molecule has 4 nitrogen and oxygen atoms in total. The first kappa shape index (κ1) is 14.9. The van der Waals surface area contributed by atoms with Crippen LogP contribution in [0.4, 0.5) is 5.69 Å². The zero-order valence-electron chi connectivity index (χ0n) is 12.2. The molecule has 1 N–H and O–H groups in total. The van der Waals surface area contributed by atoms with Gasteiger partial charge in [0.15, 0.2) is 5.75 Å². The Bertz CT molecular complexity index is 598. The standard InChI is InChI=1S/C17H19NO3/c1-3-14(17(19)20)18(2)15-11-7-8-12-16(15)21-13-9-5-4-6-10-13/h4-12,14H,3H2,1-2H3,(H,19,20)/t14-/m0/s1. The highest BCUT2D eigenvalue weighted by Crippen LogP contribution is 2.32. The van der Waals surface area contributed by atoms with Gasteiger partial charge in [-0.05, 0) is 30.7 Å². The molecule has 0 fully saturated rings. The van der Waals surface area contributed by atoms with Gasteiger partial charge in [0.05, 0.1) is 5.69 Å². The number of carboxylic acid groups (broad SMARTS) is 1. The van der Waals surface area contributed by atoms with Crippen molar-refractivity contribution in [3.05, 3.63) is 54.6 Å². The van der Waals surface area contributed by atoms with E-state index in [2.05, 4.69) is 0 Å². The summed E-state index contributed by atoms with van der Waals surface area (Å²) in [6, 6.07) is 16.3. The van der Waals surface area contributed by atoms with Gasteiger partial charge in [0.2, 0.25) is 0 Å². The number of nitrogens with zero attached hydrogens (tertiary/aromatic N) is 1. The monoisotopic (exact) mass is 285 g/mol. The summed E-state index contributed by atoms with van der Waals surface area (Å²) in [5.41, 5.74) is 0.760. The number of hydrogen-bond donors (Lipinski definition) is 1. The van der Waals surface area contributed by atoms with Crippen molar-refractivity contribution in [3.8, 4) is 11.5 Å². The van der Waals surface area contributed by atoms with E-state index in [0.717, 1.165) is 11.4 Å². The number of benzene rings is 2. The number of carbonyl (C=O) groups is 1. The van der Waals surface area contributed by atoms with Crippen molar-refractivity contribution in [2.75, 3.05) is 11.9 Å². The molecule has 110 valence electrons. The predicted molar refractivity (Wildman–Crippen MR) is 83.1 cm³/mol. The van der Waals surface area contributed by atoms with Gasteiger partial charge >= 0.3 is 5.97 Å². The van der Waals surface area contributed by atoms with Crippen molar-refractivity contribution in [1.82, 2.24) is 0 Å². The van der Waals surface area contributed by atoms with Crippen LogP contribution in [0.1, 0.15) is 13.3 Å². The van der Waals surface area contributed by atoms with Gasteiger partial charge in [-0.3, -0.25) is 0 Å². The van der Waals surface area contributed by atoms with Gasteiger partial charge in [-0.1, -0.05) is 37.3 Å². The Balaban J connectivity index is 2.30. The lowest BCUT2D eigenvalue weighted by molar-refractivity contribution is -0.138. The summed E-state index contributed by atoms with van der Waals surface area (Å²) in [6.45, 7) is 1.86. The number of carboxylic acids is 1. The second-order valence-electron chi connectivity index (χ2n) is 4.76. The molecule has 21 heavy (non-hydrogen) atoms. The van der Waals surface area contributed by atoms with Gasteiger partial charge in [-0.2, -0.15) is 0 Å². The van der Waals surface area contributed by atoms with Gasteiger partial charge in [0, 0.05) is 7.05 Å². The van der Waals surface area contributed by atoms with E-state index in [-0.39, 0.29) is 0 Å². The molecule has 1 atom stereocenters. The largest absolute Gasteiger partial charge is 0.480 e. The van der Waals surface area contributed by atoms with Crippen LogP contribution in [0.3, 0.4) is 0 Å². The molecule has 0 aromatic heterocycles. The molecular formula is C17H19NO3. The van der Waals surface area contributed by atoms with Crippen LogP contribution in [0.5, 0.6) is 11.5 Å². The van der Waals surface area contributed by atoms with Crippen LogP contribution in [0, 0.1) is 0 Å². The minimum Gasteiger partial charge on any atom is -0.480 e. The number of rotatable bonds is 6. The second-order valence-corrected chi connectivity index (χ2v) is 4.76. The number of anilines is 1. The Kier molecular flexibility index (Phi) is 4.82. The predicted octanol–water partition coefficient (Wildman–Crippen LogP) is 3.78. The summed E-state index contributed by atoms with van der Waals surface area (Å²) >= 11 is 0. The lowest BCUT2D eigenvalue weighted by Gasteiger charge is -2.27. The molecule has 0 saturated heterocycles. The van der Waals surface area contributed by atoms with Crippen LogP contribution in [0.25, 0.3) is 0 Å². The molecule has 2 rings (SSSR count). The van der Waals surface area contributed by atoms with E-state index >= 15 is 0 Å². The first-order valence-corrected chi connectivity index (χ1v) is 6.91. The third-order valence-electron chi connectivity index (χ3n) is 3.36.